The molecule has 53 heavy (non-hydrogen) atoms. The van der Waals surface area contributed by atoms with Crippen molar-refractivity contribution in [3.63, 3.8) is 0 Å². The summed E-state index contributed by atoms with van der Waals surface area (Å²) in [6.45, 7) is 13.4. The number of fused-ring (bicyclic) bond motifs is 6. The molecule has 1 aliphatic rings. The van der Waals surface area contributed by atoms with Crippen LogP contribution in [0.4, 0.5) is 4.79 Å². The van der Waals surface area contributed by atoms with Crippen LogP contribution >= 0.6 is 0 Å². The Morgan fingerprint density at radius 2 is 1.62 bits per heavy atom. The van der Waals surface area contributed by atoms with Gasteiger partial charge in [-0.1, -0.05) is 52.3 Å². The van der Waals surface area contributed by atoms with Gasteiger partial charge in [0.1, 0.15) is 30.5 Å². The summed E-state index contributed by atoms with van der Waals surface area (Å²) >= 11 is 0. The van der Waals surface area contributed by atoms with Crippen LogP contribution in [0.1, 0.15) is 84.4 Å². The SMILES string of the molecule is CC[C@H](C)CC(=O)N(Cc1ncc(-c2ccc3c(c2)COc2cc4c(ccc5[nH]c(CN(C(=O)CNC(=O)OC)[C@@H](C)CC)nc54)cc2-3)[nH]1)[C@@H](C)CC. The van der Waals surface area contributed by atoms with E-state index in [0.717, 1.165) is 80.6 Å². The Morgan fingerprint density at radius 1 is 0.887 bits per heavy atom. The van der Waals surface area contributed by atoms with Gasteiger partial charge in [-0.15, -0.1) is 0 Å². The Balaban J connectivity index is 1.23. The van der Waals surface area contributed by atoms with E-state index in [9.17, 15) is 14.4 Å². The van der Waals surface area contributed by atoms with E-state index in [1.54, 1.807) is 4.90 Å². The lowest BCUT2D eigenvalue weighted by atomic mass is 9.92. The third-order valence-corrected chi connectivity index (χ3v) is 10.7. The van der Waals surface area contributed by atoms with Crippen molar-refractivity contribution in [3.05, 3.63) is 65.9 Å². The highest BCUT2D eigenvalue weighted by molar-refractivity contribution is 6.07. The lowest BCUT2D eigenvalue weighted by Gasteiger charge is -2.29. The van der Waals surface area contributed by atoms with E-state index >= 15 is 0 Å². The number of hydrogen-bond acceptors (Lipinski definition) is 7. The number of hydrogen-bond donors (Lipinski definition) is 3. The van der Waals surface area contributed by atoms with E-state index in [1.807, 2.05) is 31.0 Å². The summed E-state index contributed by atoms with van der Waals surface area (Å²) in [5.74, 6) is 2.51. The molecule has 0 radical (unpaired) electrons. The Morgan fingerprint density at radius 3 is 2.34 bits per heavy atom. The minimum Gasteiger partial charge on any atom is -0.488 e. The normalized spacial score (nSPS) is 13.8. The molecule has 0 unspecified atom stereocenters. The molecule has 0 bridgehead atoms. The Hall–Kier alpha value is -5.39. The van der Waals surface area contributed by atoms with E-state index in [2.05, 4.69) is 89.1 Å². The summed E-state index contributed by atoms with van der Waals surface area (Å²) < 4.78 is 11.0. The maximum atomic E-state index is 13.2. The molecule has 1 aliphatic heterocycles. The fourth-order valence-corrected chi connectivity index (χ4v) is 6.79. The van der Waals surface area contributed by atoms with Gasteiger partial charge in [0.25, 0.3) is 0 Å². The predicted octanol–water partition coefficient (Wildman–Crippen LogP) is 7.71. The Labute approximate surface area is 310 Å². The number of benzene rings is 3. The van der Waals surface area contributed by atoms with Crippen molar-refractivity contribution < 1.29 is 23.9 Å². The second-order valence-electron chi connectivity index (χ2n) is 14.2. The third kappa shape index (κ3) is 8.01. The van der Waals surface area contributed by atoms with Crippen molar-refractivity contribution in [3.8, 4) is 28.1 Å². The first-order chi connectivity index (χ1) is 25.5. The lowest BCUT2D eigenvalue weighted by Crippen LogP contribution is -2.44. The highest BCUT2D eigenvalue weighted by Gasteiger charge is 2.25. The summed E-state index contributed by atoms with van der Waals surface area (Å²) in [7, 11) is 1.27. The molecule has 12 heteroatoms. The van der Waals surface area contributed by atoms with E-state index in [4.69, 9.17) is 9.72 Å². The average Bonchev–Trinajstić information content (AvgIpc) is 3.83. The summed E-state index contributed by atoms with van der Waals surface area (Å²) in [6.07, 6.45) is 4.35. The number of nitrogens with zero attached hydrogens (tertiary/aromatic N) is 4. The van der Waals surface area contributed by atoms with E-state index in [0.29, 0.717) is 31.3 Å². The number of nitrogens with one attached hydrogen (secondary N) is 3. The van der Waals surface area contributed by atoms with Gasteiger partial charge in [0, 0.05) is 29.5 Å². The molecule has 0 saturated carbocycles. The van der Waals surface area contributed by atoms with Crippen LogP contribution in [0.25, 0.3) is 44.2 Å². The molecule has 2 aromatic heterocycles. The fourth-order valence-electron chi connectivity index (χ4n) is 6.79. The zero-order valence-corrected chi connectivity index (χ0v) is 31.8. The topological polar surface area (TPSA) is 146 Å². The van der Waals surface area contributed by atoms with Gasteiger partial charge in [-0.25, -0.2) is 14.8 Å². The summed E-state index contributed by atoms with van der Waals surface area (Å²) in [5.41, 5.74) is 6.78. The van der Waals surface area contributed by atoms with E-state index < -0.39 is 6.09 Å². The lowest BCUT2D eigenvalue weighted by molar-refractivity contribution is -0.135. The van der Waals surface area contributed by atoms with Crippen LogP contribution in [-0.4, -0.2) is 73.4 Å². The fraction of sp³-hybridized carbons (Fsp3) is 0.439. The van der Waals surface area contributed by atoms with Crippen molar-refractivity contribution in [2.75, 3.05) is 13.7 Å². The molecular weight excluding hydrogens is 670 g/mol. The molecule has 280 valence electrons. The number of carbonyl (C=O) groups is 3. The molecule has 3 aromatic carbocycles. The molecule has 0 aliphatic carbocycles. The number of H-pyrrole nitrogens is 2. The largest absolute Gasteiger partial charge is 0.488 e. The number of alkyl carbamates (subject to hydrolysis) is 1. The molecule has 3 amide bonds. The molecule has 0 fully saturated rings. The molecular formula is C41H51N7O5. The second-order valence-corrected chi connectivity index (χ2v) is 14.2. The highest BCUT2D eigenvalue weighted by atomic mass is 16.5. The first-order valence-electron chi connectivity index (χ1n) is 18.7. The average molecular weight is 722 g/mol. The highest BCUT2D eigenvalue weighted by Crippen LogP contribution is 2.42. The number of aromatic nitrogens is 4. The van der Waals surface area contributed by atoms with Crippen LogP contribution in [0.3, 0.4) is 0 Å². The van der Waals surface area contributed by atoms with Gasteiger partial charge in [-0.05, 0) is 78.9 Å². The first kappa shape index (κ1) is 37.4. The van der Waals surface area contributed by atoms with Crippen LogP contribution in [0, 0.1) is 5.92 Å². The van der Waals surface area contributed by atoms with Crippen LogP contribution in [-0.2, 0) is 34.0 Å². The zero-order chi connectivity index (χ0) is 37.8. The van der Waals surface area contributed by atoms with Gasteiger partial charge >= 0.3 is 6.09 Å². The van der Waals surface area contributed by atoms with E-state index in [-0.39, 0.29) is 37.0 Å². The molecule has 3 N–H and O–H groups in total. The van der Waals surface area contributed by atoms with Gasteiger partial charge in [0.05, 0.1) is 43.1 Å². The van der Waals surface area contributed by atoms with Crippen LogP contribution < -0.4 is 10.1 Å². The number of imidazole rings is 2. The molecule has 12 nitrogen and oxygen atoms in total. The molecule has 0 spiro atoms. The summed E-state index contributed by atoms with van der Waals surface area (Å²) in [4.78, 5) is 58.0. The number of amides is 3. The van der Waals surface area contributed by atoms with Crippen LogP contribution in [0.5, 0.6) is 5.75 Å². The van der Waals surface area contributed by atoms with E-state index in [1.165, 1.54) is 7.11 Å². The number of aromatic amines is 2. The minimum absolute atomic E-state index is 0.0572. The number of rotatable bonds is 14. The van der Waals surface area contributed by atoms with Gasteiger partial charge in [-0.2, -0.15) is 0 Å². The molecule has 3 atom stereocenters. The number of ether oxygens (including phenoxy) is 2. The molecule has 6 rings (SSSR count). The maximum Gasteiger partial charge on any atom is 0.407 e. The van der Waals surface area contributed by atoms with Gasteiger partial charge in [-0.3, -0.25) is 9.59 Å². The van der Waals surface area contributed by atoms with Gasteiger partial charge < -0.3 is 34.6 Å². The first-order valence-corrected chi connectivity index (χ1v) is 18.7. The molecule has 3 heterocycles. The van der Waals surface area contributed by atoms with Crippen molar-refractivity contribution in [2.45, 2.75) is 99.0 Å². The van der Waals surface area contributed by atoms with Crippen molar-refractivity contribution in [1.29, 1.82) is 0 Å². The van der Waals surface area contributed by atoms with Gasteiger partial charge in [0.2, 0.25) is 11.8 Å². The Bertz CT molecular complexity index is 2120. The minimum atomic E-state index is -0.649. The molecule has 5 aromatic rings. The van der Waals surface area contributed by atoms with Gasteiger partial charge in [0.15, 0.2) is 0 Å². The van der Waals surface area contributed by atoms with Crippen molar-refractivity contribution in [1.82, 2.24) is 35.1 Å². The van der Waals surface area contributed by atoms with Crippen LogP contribution in [0.2, 0.25) is 0 Å². The zero-order valence-electron chi connectivity index (χ0n) is 31.8. The monoisotopic (exact) mass is 721 g/mol. The Kier molecular flexibility index (Phi) is 11.4. The summed E-state index contributed by atoms with van der Waals surface area (Å²) in [5, 5.41) is 4.47. The standard InChI is InChI=1S/C41H51N7O5/c1-8-24(4)15-38(49)47(25(5)9-2)21-36-42-19-34(45-36)28-11-13-30-29(16-28)23-53-35-18-31-27(17-32(30)35)12-14-33-40(31)46-37(44-33)22-48(26(6)10-3)39(50)20-43-41(51)52-7/h11-14,16-19,24-26H,8-10,15,20-23H2,1-7H3,(H,42,45)(H,43,51)(H,44,46)/t24-,25-,26-/m0/s1. The predicted molar refractivity (Wildman–Crippen MR) is 206 cm³/mol. The second kappa shape index (κ2) is 16.1. The smallest absolute Gasteiger partial charge is 0.407 e. The maximum absolute atomic E-state index is 13.2. The number of methoxy groups -OCH3 is 1. The number of carbonyl (C=O) groups excluding carboxylic acids is 3. The van der Waals surface area contributed by atoms with Crippen LogP contribution in [0.15, 0.2) is 48.7 Å². The summed E-state index contributed by atoms with van der Waals surface area (Å²) in [6, 6.07) is 14.7. The van der Waals surface area contributed by atoms with Crippen molar-refractivity contribution >= 4 is 39.7 Å². The molecule has 0 saturated heterocycles. The van der Waals surface area contributed by atoms with Crippen molar-refractivity contribution in [2.24, 2.45) is 5.92 Å². The quantitative estimate of drug-likeness (QED) is 0.107. The third-order valence-electron chi connectivity index (χ3n) is 10.7.